The maximum absolute atomic E-state index is 10.9. The largest absolute Gasteiger partial charge is 0.468 e. The van der Waals surface area contributed by atoms with E-state index >= 15 is 0 Å². The Morgan fingerprint density at radius 3 is 2.90 bits per heavy atom. The fraction of sp³-hybridized carbons (Fsp3) is 0.500. The molecule has 0 saturated heterocycles. The van der Waals surface area contributed by atoms with Crippen LogP contribution in [0.5, 0.6) is 0 Å². The number of nitrogens with two attached hydrogens (primary N) is 1. The third-order valence-electron chi connectivity index (χ3n) is 1.31. The van der Waals surface area contributed by atoms with Crippen molar-refractivity contribution in [1.82, 2.24) is 0 Å². The van der Waals surface area contributed by atoms with Gasteiger partial charge in [-0.2, -0.15) is 0 Å². The van der Waals surface area contributed by atoms with Gasteiger partial charge in [0.05, 0.1) is 7.11 Å². The molecule has 0 aromatic rings. The molecule has 56 valence electrons. The molecule has 0 spiro atoms. The minimum Gasteiger partial charge on any atom is -0.468 e. The lowest BCUT2D eigenvalue weighted by molar-refractivity contribution is -0.140. The van der Waals surface area contributed by atoms with Gasteiger partial charge >= 0.3 is 5.97 Å². The molecule has 1 aliphatic rings. The van der Waals surface area contributed by atoms with E-state index in [9.17, 15) is 4.79 Å². The van der Waals surface area contributed by atoms with Crippen molar-refractivity contribution in [3.05, 3.63) is 11.5 Å². The first-order valence-corrected chi connectivity index (χ1v) is 3.85. The smallest absolute Gasteiger partial charge is 0.321 e. The number of hydrogen-bond donors (Lipinski definition) is 1. The van der Waals surface area contributed by atoms with Crippen LogP contribution >= 0.6 is 11.8 Å². The number of ether oxygens (including phenoxy) is 1. The number of carbonyl (C=O) groups excluding carboxylic acids is 1. The van der Waals surface area contributed by atoms with Crippen LogP contribution in [0.3, 0.4) is 0 Å². The fourth-order valence-corrected chi connectivity index (χ4v) is 1.66. The molecule has 2 unspecified atom stereocenters. The molecule has 0 aromatic heterocycles. The second-order valence-corrected chi connectivity index (χ2v) is 3.04. The Morgan fingerprint density at radius 2 is 2.50 bits per heavy atom. The Morgan fingerprint density at radius 1 is 1.80 bits per heavy atom. The summed E-state index contributed by atoms with van der Waals surface area (Å²) >= 11 is 1.40. The normalized spacial score (nSPS) is 30.6. The number of thioether (sulfide) groups is 1. The third kappa shape index (κ3) is 1.33. The zero-order valence-corrected chi connectivity index (χ0v) is 6.43. The number of esters is 1. The van der Waals surface area contributed by atoms with Gasteiger partial charge in [-0.3, -0.25) is 4.79 Å². The molecule has 0 amide bonds. The maximum Gasteiger partial charge on any atom is 0.321 e. The molecule has 0 radical (unpaired) electrons. The van der Waals surface area contributed by atoms with Gasteiger partial charge in [-0.05, 0) is 5.41 Å². The van der Waals surface area contributed by atoms with Crippen molar-refractivity contribution in [2.45, 2.75) is 11.3 Å². The van der Waals surface area contributed by atoms with E-state index in [1.807, 2.05) is 5.41 Å². The van der Waals surface area contributed by atoms with Crippen LogP contribution in [0, 0.1) is 0 Å². The SMILES string of the molecule is COC(=O)C1SC=CC1N. The topological polar surface area (TPSA) is 52.3 Å². The summed E-state index contributed by atoms with van der Waals surface area (Å²) in [7, 11) is 1.37. The van der Waals surface area contributed by atoms with Crippen molar-refractivity contribution >= 4 is 17.7 Å². The van der Waals surface area contributed by atoms with E-state index in [0.29, 0.717) is 0 Å². The first-order chi connectivity index (χ1) is 4.75. The van der Waals surface area contributed by atoms with Gasteiger partial charge in [-0.1, -0.05) is 6.08 Å². The molecule has 0 saturated carbocycles. The molecule has 2 N–H and O–H groups in total. The Labute approximate surface area is 63.6 Å². The van der Waals surface area contributed by atoms with Crippen molar-refractivity contribution < 1.29 is 9.53 Å². The molecule has 3 nitrogen and oxygen atoms in total. The van der Waals surface area contributed by atoms with Crippen molar-refractivity contribution in [1.29, 1.82) is 0 Å². The Bertz CT molecular complexity index is 169. The van der Waals surface area contributed by atoms with Crippen LogP contribution in [0.15, 0.2) is 11.5 Å². The summed E-state index contributed by atoms with van der Waals surface area (Å²) in [6, 6.07) is -0.183. The lowest BCUT2D eigenvalue weighted by atomic mass is 10.2. The molecule has 1 aliphatic heterocycles. The van der Waals surface area contributed by atoms with Crippen molar-refractivity contribution in [2.24, 2.45) is 5.73 Å². The van der Waals surface area contributed by atoms with Crippen LogP contribution in [0.1, 0.15) is 0 Å². The second kappa shape index (κ2) is 3.07. The molecule has 0 aromatic carbocycles. The number of carbonyl (C=O) groups is 1. The monoisotopic (exact) mass is 159 g/mol. The van der Waals surface area contributed by atoms with Crippen LogP contribution in [0.4, 0.5) is 0 Å². The zero-order chi connectivity index (χ0) is 7.56. The van der Waals surface area contributed by atoms with Crippen LogP contribution in [0.25, 0.3) is 0 Å². The third-order valence-corrected chi connectivity index (χ3v) is 2.42. The average molecular weight is 159 g/mol. The molecular formula is C6H9NO2S. The molecule has 2 atom stereocenters. The van der Waals surface area contributed by atoms with E-state index in [4.69, 9.17) is 5.73 Å². The number of rotatable bonds is 1. The summed E-state index contributed by atoms with van der Waals surface area (Å²) in [6.45, 7) is 0. The molecule has 1 heterocycles. The van der Waals surface area contributed by atoms with E-state index in [0.717, 1.165) is 0 Å². The summed E-state index contributed by atoms with van der Waals surface area (Å²) in [5.74, 6) is -0.248. The quantitative estimate of drug-likeness (QED) is 0.552. The lowest BCUT2D eigenvalue weighted by Crippen LogP contribution is -2.34. The van der Waals surface area contributed by atoms with Crippen molar-refractivity contribution in [3.63, 3.8) is 0 Å². The fourth-order valence-electron chi connectivity index (χ4n) is 0.741. The van der Waals surface area contributed by atoms with Gasteiger partial charge in [0.25, 0.3) is 0 Å². The summed E-state index contributed by atoms with van der Waals surface area (Å²) in [5, 5.41) is 1.59. The molecule has 4 heteroatoms. The van der Waals surface area contributed by atoms with Gasteiger partial charge < -0.3 is 10.5 Å². The number of methoxy groups -OCH3 is 1. The van der Waals surface area contributed by atoms with Gasteiger partial charge in [0.15, 0.2) is 0 Å². The average Bonchev–Trinajstić information content (AvgIpc) is 2.34. The van der Waals surface area contributed by atoms with E-state index < -0.39 is 0 Å². The van der Waals surface area contributed by atoms with Crippen LogP contribution in [-0.4, -0.2) is 24.4 Å². The van der Waals surface area contributed by atoms with Gasteiger partial charge in [0.2, 0.25) is 0 Å². The summed E-state index contributed by atoms with van der Waals surface area (Å²) in [6.07, 6.45) is 1.80. The highest BCUT2D eigenvalue weighted by Crippen LogP contribution is 2.23. The molecule has 0 fully saturated rings. The van der Waals surface area contributed by atoms with Crippen LogP contribution in [-0.2, 0) is 9.53 Å². The summed E-state index contributed by atoms with van der Waals surface area (Å²) in [5.41, 5.74) is 5.55. The first kappa shape index (κ1) is 7.63. The van der Waals surface area contributed by atoms with Gasteiger partial charge in [0, 0.05) is 6.04 Å². The lowest BCUT2D eigenvalue weighted by Gasteiger charge is -2.10. The molecular weight excluding hydrogens is 150 g/mol. The van der Waals surface area contributed by atoms with E-state index in [1.54, 1.807) is 6.08 Å². The van der Waals surface area contributed by atoms with E-state index in [1.165, 1.54) is 18.9 Å². The van der Waals surface area contributed by atoms with Crippen molar-refractivity contribution in [3.8, 4) is 0 Å². The first-order valence-electron chi connectivity index (χ1n) is 2.91. The molecule has 1 rings (SSSR count). The number of hydrogen-bond acceptors (Lipinski definition) is 4. The molecule has 0 bridgehead atoms. The second-order valence-electron chi connectivity index (χ2n) is 1.99. The zero-order valence-electron chi connectivity index (χ0n) is 5.61. The van der Waals surface area contributed by atoms with Gasteiger partial charge in [-0.25, -0.2) is 0 Å². The van der Waals surface area contributed by atoms with E-state index in [2.05, 4.69) is 4.74 Å². The standard InChI is InChI=1S/C6H9NO2S/c1-9-6(8)5-4(7)2-3-10-5/h2-5H,7H2,1H3. The summed E-state index contributed by atoms with van der Waals surface area (Å²) in [4.78, 5) is 10.9. The predicted octanol–water partition coefficient (Wildman–Crippen LogP) is 0.116. The minimum absolute atomic E-state index is 0.183. The predicted molar refractivity (Wildman–Crippen MR) is 40.5 cm³/mol. The van der Waals surface area contributed by atoms with Gasteiger partial charge in [-0.15, -0.1) is 11.8 Å². The Kier molecular flexibility index (Phi) is 2.34. The molecule has 10 heavy (non-hydrogen) atoms. The van der Waals surface area contributed by atoms with Crippen LogP contribution in [0.2, 0.25) is 0 Å². The van der Waals surface area contributed by atoms with E-state index in [-0.39, 0.29) is 17.3 Å². The highest BCUT2D eigenvalue weighted by molar-refractivity contribution is 8.03. The van der Waals surface area contributed by atoms with Gasteiger partial charge in [0.1, 0.15) is 5.25 Å². The van der Waals surface area contributed by atoms with Crippen molar-refractivity contribution in [2.75, 3.05) is 7.11 Å². The van der Waals surface area contributed by atoms with Crippen LogP contribution < -0.4 is 5.73 Å². The highest BCUT2D eigenvalue weighted by Gasteiger charge is 2.27. The maximum atomic E-state index is 10.9. The minimum atomic E-state index is -0.248. The summed E-state index contributed by atoms with van der Waals surface area (Å²) < 4.78 is 4.52. The molecule has 0 aliphatic carbocycles. The highest BCUT2D eigenvalue weighted by atomic mass is 32.2. The Hall–Kier alpha value is -0.480. The Balaban J connectivity index is 2.51.